The number of methoxy groups -OCH3 is 2. The number of esters is 1. The van der Waals surface area contributed by atoms with Crippen LogP contribution in [-0.2, 0) is 25.5 Å². The minimum Gasteiger partial charge on any atom is -0.503 e. The van der Waals surface area contributed by atoms with Crippen molar-refractivity contribution in [3.63, 3.8) is 0 Å². The second-order valence-corrected chi connectivity index (χ2v) is 3.53. The molecule has 5 heteroatoms. The van der Waals surface area contributed by atoms with Crippen LogP contribution in [0.2, 0.25) is 0 Å². The Labute approximate surface area is 105 Å². The normalized spacial score (nSPS) is 10.9. The third kappa shape index (κ3) is 3.62. The molecular formula is C13H14O5. The molecule has 0 amide bonds. The van der Waals surface area contributed by atoms with E-state index in [-0.39, 0.29) is 12.0 Å². The molecule has 18 heavy (non-hydrogen) atoms. The van der Waals surface area contributed by atoms with Gasteiger partial charge in [0.2, 0.25) is 0 Å². The summed E-state index contributed by atoms with van der Waals surface area (Å²) in [5.41, 5.74) is 1.55. The number of carbonyl (C=O) groups excluding carboxylic acids is 1. The van der Waals surface area contributed by atoms with Crippen LogP contribution in [0.1, 0.15) is 11.1 Å². The molecule has 0 saturated carbocycles. The summed E-state index contributed by atoms with van der Waals surface area (Å²) in [6, 6.07) is 6.60. The molecular weight excluding hydrogens is 236 g/mol. The second kappa shape index (κ2) is 6.44. The third-order valence-corrected chi connectivity index (χ3v) is 2.26. The maximum absolute atomic E-state index is 11.5. The molecule has 1 aromatic carbocycles. The average molecular weight is 250 g/mol. The zero-order chi connectivity index (χ0) is 13.5. The highest BCUT2D eigenvalue weighted by Gasteiger charge is 2.13. The van der Waals surface area contributed by atoms with Crippen molar-refractivity contribution in [3.05, 3.63) is 41.7 Å². The molecule has 0 saturated heterocycles. The zero-order valence-electron chi connectivity index (χ0n) is 10.2. The van der Waals surface area contributed by atoms with Gasteiger partial charge in [0.1, 0.15) is 5.57 Å². The molecule has 0 aromatic heterocycles. The van der Waals surface area contributed by atoms with Gasteiger partial charge < -0.3 is 14.6 Å². The lowest BCUT2D eigenvalue weighted by Gasteiger charge is -2.06. The molecule has 0 heterocycles. The molecule has 0 bridgehead atoms. The number of hydrogen-bond acceptors (Lipinski definition) is 4. The summed E-state index contributed by atoms with van der Waals surface area (Å²) in [5, 5.41) is 8.65. The van der Waals surface area contributed by atoms with Crippen molar-refractivity contribution in [1.82, 2.24) is 0 Å². The summed E-state index contributed by atoms with van der Waals surface area (Å²) >= 11 is 0. The first kappa shape index (κ1) is 13.8. The van der Waals surface area contributed by atoms with Gasteiger partial charge in [-0.2, -0.15) is 0 Å². The number of carbonyl (C=O) groups is 2. The summed E-state index contributed by atoms with van der Waals surface area (Å²) in [6.45, 7) is 0. The lowest BCUT2D eigenvalue weighted by atomic mass is 10.0. The standard InChI is InChI=1S/C13H14O5/c1-17-8-11(13(16)18-2)10-5-3-9(4-6-10)7-12(14)15/h3-6,8H,7H2,1-2H3,(H,14,15). The van der Waals surface area contributed by atoms with Gasteiger partial charge in [0.25, 0.3) is 0 Å². The largest absolute Gasteiger partial charge is 0.503 e. The topological polar surface area (TPSA) is 72.8 Å². The van der Waals surface area contributed by atoms with E-state index in [2.05, 4.69) is 4.74 Å². The molecule has 0 spiro atoms. The molecule has 5 nitrogen and oxygen atoms in total. The predicted molar refractivity (Wildman–Crippen MR) is 64.8 cm³/mol. The first-order valence-electron chi connectivity index (χ1n) is 5.21. The van der Waals surface area contributed by atoms with Crippen LogP contribution in [0, 0.1) is 0 Å². The lowest BCUT2D eigenvalue weighted by molar-refractivity contribution is -0.136. The fourth-order valence-electron chi connectivity index (χ4n) is 1.44. The Bertz CT molecular complexity index is 459. The van der Waals surface area contributed by atoms with Gasteiger partial charge in [-0.05, 0) is 11.1 Å². The number of hydrogen-bond donors (Lipinski definition) is 1. The molecule has 96 valence electrons. The molecule has 0 aliphatic rings. The fourth-order valence-corrected chi connectivity index (χ4v) is 1.44. The lowest BCUT2D eigenvalue weighted by Crippen LogP contribution is -2.05. The first-order chi connectivity index (χ1) is 8.58. The molecule has 0 aliphatic carbocycles. The SMILES string of the molecule is COC=C(C(=O)OC)c1ccc(CC(=O)O)cc1. The van der Waals surface area contributed by atoms with E-state index in [1.165, 1.54) is 20.5 Å². The van der Waals surface area contributed by atoms with Crippen molar-refractivity contribution in [2.75, 3.05) is 14.2 Å². The van der Waals surface area contributed by atoms with Gasteiger partial charge in [0.15, 0.2) is 0 Å². The average Bonchev–Trinajstić information content (AvgIpc) is 2.35. The molecule has 0 radical (unpaired) electrons. The highest BCUT2D eigenvalue weighted by atomic mass is 16.5. The van der Waals surface area contributed by atoms with Crippen LogP contribution < -0.4 is 0 Å². The van der Waals surface area contributed by atoms with Crippen LogP contribution in [0.5, 0.6) is 0 Å². The van der Waals surface area contributed by atoms with Gasteiger partial charge in [-0.25, -0.2) is 4.79 Å². The van der Waals surface area contributed by atoms with E-state index in [4.69, 9.17) is 9.84 Å². The number of carboxylic acids is 1. The Morgan fingerprint density at radius 1 is 1.22 bits per heavy atom. The van der Waals surface area contributed by atoms with Crippen LogP contribution in [0.25, 0.3) is 5.57 Å². The van der Waals surface area contributed by atoms with Crippen molar-refractivity contribution in [1.29, 1.82) is 0 Å². The number of carboxylic acid groups (broad SMARTS) is 1. The molecule has 0 fully saturated rings. The maximum atomic E-state index is 11.5. The summed E-state index contributed by atoms with van der Waals surface area (Å²) in [7, 11) is 2.71. The quantitative estimate of drug-likeness (QED) is 0.486. The zero-order valence-corrected chi connectivity index (χ0v) is 10.2. The minimum atomic E-state index is -0.900. The van der Waals surface area contributed by atoms with E-state index >= 15 is 0 Å². The Morgan fingerprint density at radius 2 is 1.83 bits per heavy atom. The number of ether oxygens (including phenoxy) is 2. The molecule has 0 atom stereocenters. The monoisotopic (exact) mass is 250 g/mol. The van der Waals surface area contributed by atoms with Crippen LogP contribution >= 0.6 is 0 Å². The van der Waals surface area contributed by atoms with E-state index in [0.29, 0.717) is 11.1 Å². The number of rotatable bonds is 5. The Hall–Kier alpha value is -2.30. The van der Waals surface area contributed by atoms with Gasteiger partial charge in [-0.3, -0.25) is 4.79 Å². The highest BCUT2D eigenvalue weighted by Crippen LogP contribution is 2.17. The Kier molecular flexibility index (Phi) is 4.92. The van der Waals surface area contributed by atoms with E-state index in [1.54, 1.807) is 24.3 Å². The molecule has 1 N–H and O–H groups in total. The maximum Gasteiger partial charge on any atom is 0.341 e. The number of aliphatic carboxylic acids is 1. The number of benzene rings is 1. The highest BCUT2D eigenvalue weighted by molar-refractivity contribution is 6.16. The third-order valence-electron chi connectivity index (χ3n) is 2.26. The van der Waals surface area contributed by atoms with Gasteiger partial charge in [0.05, 0.1) is 26.9 Å². The smallest absolute Gasteiger partial charge is 0.341 e. The summed E-state index contributed by atoms with van der Waals surface area (Å²) < 4.78 is 9.45. The van der Waals surface area contributed by atoms with Crippen LogP contribution in [0.3, 0.4) is 0 Å². The van der Waals surface area contributed by atoms with Crippen molar-refractivity contribution in [2.24, 2.45) is 0 Å². The van der Waals surface area contributed by atoms with E-state index in [1.807, 2.05) is 0 Å². The Balaban J connectivity index is 2.98. The van der Waals surface area contributed by atoms with Crippen LogP contribution in [0.15, 0.2) is 30.5 Å². The fraction of sp³-hybridized carbons (Fsp3) is 0.231. The molecule has 1 rings (SSSR count). The Morgan fingerprint density at radius 3 is 2.28 bits per heavy atom. The van der Waals surface area contributed by atoms with Gasteiger partial charge in [-0.15, -0.1) is 0 Å². The van der Waals surface area contributed by atoms with Gasteiger partial charge in [0, 0.05) is 0 Å². The predicted octanol–water partition coefficient (Wildman–Crippen LogP) is 1.47. The molecule has 0 unspecified atom stereocenters. The second-order valence-electron chi connectivity index (χ2n) is 3.53. The summed E-state index contributed by atoms with van der Waals surface area (Å²) in [6.07, 6.45) is 1.24. The molecule has 0 aliphatic heterocycles. The van der Waals surface area contributed by atoms with Crippen LogP contribution in [-0.4, -0.2) is 31.3 Å². The van der Waals surface area contributed by atoms with E-state index in [0.717, 1.165) is 0 Å². The van der Waals surface area contributed by atoms with Gasteiger partial charge in [-0.1, -0.05) is 24.3 Å². The van der Waals surface area contributed by atoms with E-state index < -0.39 is 11.9 Å². The van der Waals surface area contributed by atoms with Crippen LogP contribution in [0.4, 0.5) is 0 Å². The van der Waals surface area contributed by atoms with Crippen molar-refractivity contribution < 1.29 is 24.2 Å². The summed E-state index contributed by atoms with van der Waals surface area (Å²) in [5.74, 6) is -1.41. The van der Waals surface area contributed by atoms with E-state index in [9.17, 15) is 9.59 Å². The molecule has 1 aromatic rings. The minimum absolute atomic E-state index is 0.0537. The van der Waals surface area contributed by atoms with Crippen molar-refractivity contribution >= 4 is 17.5 Å². The summed E-state index contributed by atoms with van der Waals surface area (Å²) in [4.78, 5) is 22.0. The van der Waals surface area contributed by atoms with Gasteiger partial charge >= 0.3 is 11.9 Å². The van der Waals surface area contributed by atoms with Crippen molar-refractivity contribution in [2.45, 2.75) is 6.42 Å². The first-order valence-corrected chi connectivity index (χ1v) is 5.21. The van der Waals surface area contributed by atoms with Crippen molar-refractivity contribution in [3.8, 4) is 0 Å².